The van der Waals surface area contributed by atoms with Gasteiger partial charge in [-0.25, -0.2) is 4.39 Å². The van der Waals surface area contributed by atoms with Crippen LogP contribution in [0.25, 0.3) is 0 Å². The van der Waals surface area contributed by atoms with Crippen LogP contribution in [0.5, 0.6) is 0 Å². The second kappa shape index (κ2) is 8.66. The van der Waals surface area contributed by atoms with Crippen LogP contribution in [0.1, 0.15) is 42.9 Å². The van der Waals surface area contributed by atoms with Gasteiger partial charge in [0.15, 0.2) is 0 Å². The van der Waals surface area contributed by atoms with E-state index in [9.17, 15) is 4.39 Å². The quantitative estimate of drug-likeness (QED) is 0.587. The molecule has 0 radical (unpaired) electrons. The molecule has 1 aromatic rings. The second-order valence-electron chi connectivity index (χ2n) is 5.97. The molecule has 1 atom stereocenters. The van der Waals surface area contributed by atoms with E-state index >= 15 is 0 Å². The van der Waals surface area contributed by atoms with Crippen LogP contribution in [0, 0.1) is 12.7 Å². The topological polar surface area (TPSA) is 15.3 Å². The smallest absolute Gasteiger partial charge is 0.132 e. The molecule has 122 valence electrons. The van der Waals surface area contributed by atoms with Crippen molar-refractivity contribution in [3.63, 3.8) is 0 Å². The van der Waals surface area contributed by atoms with Gasteiger partial charge in [0, 0.05) is 42.8 Å². The summed E-state index contributed by atoms with van der Waals surface area (Å²) in [5.74, 6) is -0.139. The Balaban J connectivity index is 2.22. The normalized spacial score (nSPS) is 17.4. The predicted octanol–water partition coefficient (Wildman–Crippen LogP) is 4.48. The molecule has 1 heterocycles. The summed E-state index contributed by atoms with van der Waals surface area (Å²) in [6, 6.07) is 3.65. The van der Waals surface area contributed by atoms with Crippen LogP contribution in [-0.4, -0.2) is 31.1 Å². The summed E-state index contributed by atoms with van der Waals surface area (Å²) in [5.41, 5.74) is 1.35. The molecule has 0 aliphatic carbocycles. The Hall–Kier alpha value is -0.900. The Bertz CT molecular complexity index is 498. The van der Waals surface area contributed by atoms with Gasteiger partial charge < -0.3 is 5.32 Å². The number of nitrogens with one attached hydrogen (secondary N) is 1. The summed E-state index contributed by atoms with van der Waals surface area (Å²) in [4.78, 5) is 2.37. The largest absolute Gasteiger partial charge is 0.314 e. The van der Waals surface area contributed by atoms with E-state index in [-0.39, 0.29) is 11.9 Å². The zero-order chi connectivity index (χ0) is 15.9. The van der Waals surface area contributed by atoms with Gasteiger partial charge in [-0.1, -0.05) is 30.2 Å². The van der Waals surface area contributed by atoms with Gasteiger partial charge in [0.1, 0.15) is 5.82 Å². The molecule has 1 saturated heterocycles. The molecular formula is C18H26ClFN2. The standard InChI is InChI=1S/C18H26ClFN2/c1-3-4-5-6-7-16(22-12-10-21-11-13-22)17-15(19)9-8-14(2)18(17)20/h3,8-9,16,21H,1,4-7,10-13H2,2H3/t16-/m1/s1. The van der Waals surface area contributed by atoms with Crippen molar-refractivity contribution in [3.8, 4) is 0 Å². The molecule has 1 aliphatic rings. The Morgan fingerprint density at radius 2 is 2.09 bits per heavy atom. The number of piperazine rings is 1. The molecule has 2 nitrogen and oxygen atoms in total. The first kappa shape index (κ1) is 17.5. The monoisotopic (exact) mass is 324 g/mol. The van der Waals surface area contributed by atoms with Gasteiger partial charge in [0.05, 0.1) is 0 Å². The zero-order valence-corrected chi connectivity index (χ0v) is 14.1. The van der Waals surface area contributed by atoms with E-state index in [0.717, 1.165) is 51.9 Å². The molecule has 1 aliphatic heterocycles. The maximum Gasteiger partial charge on any atom is 0.132 e. The number of hydrogen-bond donors (Lipinski definition) is 1. The molecular weight excluding hydrogens is 299 g/mol. The average molecular weight is 325 g/mol. The highest BCUT2D eigenvalue weighted by molar-refractivity contribution is 6.31. The number of aryl methyl sites for hydroxylation is 1. The van der Waals surface area contributed by atoms with Gasteiger partial charge in [-0.2, -0.15) is 0 Å². The third-order valence-electron chi connectivity index (χ3n) is 4.38. The van der Waals surface area contributed by atoms with Gasteiger partial charge in [0.25, 0.3) is 0 Å². The van der Waals surface area contributed by atoms with Crippen molar-refractivity contribution in [2.75, 3.05) is 26.2 Å². The first-order valence-corrected chi connectivity index (χ1v) is 8.53. The SMILES string of the molecule is C=CCCCC[C@H](c1c(Cl)ccc(C)c1F)N1CCNCC1. The van der Waals surface area contributed by atoms with Crippen molar-refractivity contribution < 1.29 is 4.39 Å². The lowest BCUT2D eigenvalue weighted by Gasteiger charge is -2.36. The summed E-state index contributed by atoms with van der Waals surface area (Å²) in [5, 5.41) is 3.91. The number of hydrogen-bond acceptors (Lipinski definition) is 2. The number of allylic oxidation sites excluding steroid dienone is 1. The third-order valence-corrected chi connectivity index (χ3v) is 4.71. The number of rotatable bonds is 7. The molecule has 0 bridgehead atoms. The minimum atomic E-state index is -0.139. The highest BCUT2D eigenvalue weighted by atomic mass is 35.5. The minimum Gasteiger partial charge on any atom is -0.314 e. The Morgan fingerprint density at radius 3 is 2.77 bits per heavy atom. The van der Waals surface area contributed by atoms with Gasteiger partial charge in [-0.3, -0.25) is 4.90 Å². The van der Waals surface area contributed by atoms with Crippen molar-refractivity contribution in [1.82, 2.24) is 10.2 Å². The van der Waals surface area contributed by atoms with Crippen LogP contribution >= 0.6 is 11.6 Å². The average Bonchev–Trinajstić information content (AvgIpc) is 2.54. The summed E-state index contributed by atoms with van der Waals surface area (Å²) in [7, 11) is 0. The lowest BCUT2D eigenvalue weighted by atomic mass is 9.96. The van der Waals surface area contributed by atoms with Crippen LogP contribution in [0.15, 0.2) is 24.8 Å². The van der Waals surface area contributed by atoms with Gasteiger partial charge in [-0.15, -0.1) is 6.58 Å². The van der Waals surface area contributed by atoms with Gasteiger partial charge in [0.2, 0.25) is 0 Å². The third kappa shape index (κ3) is 4.31. The van der Waals surface area contributed by atoms with Crippen molar-refractivity contribution in [2.45, 2.75) is 38.6 Å². The van der Waals surface area contributed by atoms with Crippen LogP contribution in [0.3, 0.4) is 0 Å². The molecule has 0 unspecified atom stereocenters. The molecule has 4 heteroatoms. The molecule has 1 fully saturated rings. The lowest BCUT2D eigenvalue weighted by molar-refractivity contribution is 0.159. The van der Waals surface area contributed by atoms with Crippen molar-refractivity contribution >= 4 is 11.6 Å². The molecule has 0 aromatic heterocycles. The molecule has 0 amide bonds. The van der Waals surface area contributed by atoms with Crippen LogP contribution in [0.2, 0.25) is 5.02 Å². The fourth-order valence-corrected chi connectivity index (χ4v) is 3.39. The van der Waals surface area contributed by atoms with E-state index < -0.39 is 0 Å². The zero-order valence-electron chi connectivity index (χ0n) is 13.4. The Morgan fingerprint density at radius 1 is 1.36 bits per heavy atom. The maximum atomic E-state index is 14.7. The second-order valence-corrected chi connectivity index (χ2v) is 6.37. The summed E-state index contributed by atoms with van der Waals surface area (Å²) in [6.07, 6.45) is 6.05. The van der Waals surface area contributed by atoms with E-state index in [1.807, 2.05) is 19.1 Å². The number of nitrogens with zero attached hydrogens (tertiary/aromatic N) is 1. The highest BCUT2D eigenvalue weighted by Gasteiger charge is 2.27. The molecule has 0 saturated carbocycles. The van der Waals surface area contributed by atoms with E-state index in [0.29, 0.717) is 16.1 Å². The number of benzene rings is 1. The molecule has 22 heavy (non-hydrogen) atoms. The van der Waals surface area contributed by atoms with Crippen LogP contribution in [-0.2, 0) is 0 Å². The van der Waals surface area contributed by atoms with Gasteiger partial charge >= 0.3 is 0 Å². The van der Waals surface area contributed by atoms with Crippen LogP contribution < -0.4 is 5.32 Å². The maximum absolute atomic E-state index is 14.7. The van der Waals surface area contributed by atoms with E-state index in [1.54, 1.807) is 6.07 Å². The fraction of sp³-hybridized carbons (Fsp3) is 0.556. The van der Waals surface area contributed by atoms with E-state index in [1.165, 1.54) is 0 Å². The van der Waals surface area contributed by atoms with E-state index in [2.05, 4.69) is 16.8 Å². The fourth-order valence-electron chi connectivity index (χ4n) is 3.11. The molecule has 0 spiro atoms. The molecule has 1 N–H and O–H groups in total. The number of unbranched alkanes of at least 4 members (excludes halogenated alkanes) is 2. The summed E-state index contributed by atoms with van der Waals surface area (Å²) < 4.78 is 14.7. The first-order chi connectivity index (χ1) is 10.6. The van der Waals surface area contributed by atoms with Gasteiger partial charge in [-0.05, 0) is 37.8 Å². The highest BCUT2D eigenvalue weighted by Crippen LogP contribution is 2.35. The van der Waals surface area contributed by atoms with Crippen LogP contribution in [0.4, 0.5) is 4.39 Å². The van der Waals surface area contributed by atoms with E-state index in [4.69, 9.17) is 11.6 Å². The molecule has 1 aromatic carbocycles. The van der Waals surface area contributed by atoms with Crippen molar-refractivity contribution in [3.05, 3.63) is 46.8 Å². The Labute approximate surface area is 138 Å². The Kier molecular flexibility index (Phi) is 6.87. The van der Waals surface area contributed by atoms with Crippen molar-refractivity contribution in [1.29, 1.82) is 0 Å². The number of halogens is 2. The summed E-state index contributed by atoms with van der Waals surface area (Å²) >= 11 is 6.36. The predicted molar refractivity (Wildman–Crippen MR) is 92.0 cm³/mol. The molecule has 2 rings (SSSR count). The van der Waals surface area contributed by atoms with Crippen molar-refractivity contribution in [2.24, 2.45) is 0 Å². The lowest BCUT2D eigenvalue weighted by Crippen LogP contribution is -2.45. The first-order valence-electron chi connectivity index (χ1n) is 8.15. The summed E-state index contributed by atoms with van der Waals surface area (Å²) in [6.45, 7) is 9.36. The minimum absolute atomic E-state index is 0.0688.